The molecule has 1 aliphatic heterocycles. The first-order valence-corrected chi connectivity index (χ1v) is 8.38. The van der Waals surface area contributed by atoms with Crippen LogP contribution in [-0.2, 0) is 0 Å². The molecule has 0 spiro atoms. The Bertz CT molecular complexity index is 275. The number of hydrogen-bond donors (Lipinski definition) is 2. The minimum atomic E-state index is 0.293. The molecule has 1 saturated carbocycles. The normalized spacial score (nSPS) is 33.5. The molecule has 20 heavy (non-hydrogen) atoms. The zero-order valence-electron chi connectivity index (χ0n) is 13.4. The topological polar surface area (TPSA) is 38.7 Å². The minimum Gasteiger partial charge on any atom is -0.395 e. The maximum Gasteiger partial charge on any atom is 0.0558 e. The van der Waals surface area contributed by atoms with E-state index in [1.807, 2.05) is 0 Å². The summed E-state index contributed by atoms with van der Waals surface area (Å²) in [4.78, 5) is 5.04. The number of nitrogens with zero attached hydrogens (tertiary/aromatic N) is 2. The summed E-state index contributed by atoms with van der Waals surface area (Å²) in [5.74, 6) is 0.882. The monoisotopic (exact) mass is 283 g/mol. The third-order valence-corrected chi connectivity index (χ3v) is 5.18. The Kier molecular flexibility index (Phi) is 6.27. The van der Waals surface area contributed by atoms with Crippen molar-refractivity contribution in [3.63, 3.8) is 0 Å². The molecule has 2 aliphatic rings. The lowest BCUT2D eigenvalue weighted by atomic mass is 9.69. The standard InChI is InChI=1S/C16H33N3O/c1-15-4-3-5-16(12-15,13-17-2)14-19-8-6-18(7-9-19)10-11-20/h15,17,20H,3-14H2,1-2H3. The van der Waals surface area contributed by atoms with Crippen molar-refractivity contribution in [2.24, 2.45) is 11.3 Å². The van der Waals surface area contributed by atoms with Crippen molar-refractivity contribution in [2.75, 3.05) is 59.5 Å². The highest BCUT2D eigenvalue weighted by atomic mass is 16.3. The number of β-amino-alcohol motifs (C(OH)–C–C–N with tert-alkyl or cyclic N) is 1. The molecule has 0 aromatic rings. The van der Waals surface area contributed by atoms with Crippen LogP contribution in [0.25, 0.3) is 0 Å². The van der Waals surface area contributed by atoms with Crippen molar-refractivity contribution in [2.45, 2.75) is 32.6 Å². The SMILES string of the molecule is CNCC1(CN2CCN(CCO)CC2)CCCC(C)C1. The van der Waals surface area contributed by atoms with E-state index in [0.29, 0.717) is 12.0 Å². The maximum atomic E-state index is 9.02. The zero-order valence-corrected chi connectivity index (χ0v) is 13.4. The Morgan fingerprint density at radius 2 is 1.90 bits per heavy atom. The van der Waals surface area contributed by atoms with Crippen molar-refractivity contribution >= 4 is 0 Å². The first-order chi connectivity index (χ1) is 9.67. The number of aliphatic hydroxyl groups excluding tert-OH is 1. The van der Waals surface area contributed by atoms with E-state index in [1.54, 1.807) is 0 Å². The average Bonchev–Trinajstić information content (AvgIpc) is 2.41. The lowest BCUT2D eigenvalue weighted by Gasteiger charge is -2.45. The van der Waals surface area contributed by atoms with E-state index in [4.69, 9.17) is 5.11 Å². The molecule has 0 aromatic carbocycles. The lowest BCUT2D eigenvalue weighted by molar-refractivity contribution is 0.0460. The van der Waals surface area contributed by atoms with Crippen LogP contribution in [0.15, 0.2) is 0 Å². The average molecular weight is 283 g/mol. The summed E-state index contributed by atoms with van der Waals surface area (Å²) < 4.78 is 0. The van der Waals surface area contributed by atoms with Gasteiger partial charge in [-0.05, 0) is 31.2 Å². The third-order valence-electron chi connectivity index (χ3n) is 5.18. The fraction of sp³-hybridized carbons (Fsp3) is 1.00. The smallest absolute Gasteiger partial charge is 0.0558 e. The lowest BCUT2D eigenvalue weighted by Crippen LogP contribution is -2.53. The molecule has 2 unspecified atom stereocenters. The van der Waals surface area contributed by atoms with Crippen LogP contribution in [0.2, 0.25) is 0 Å². The van der Waals surface area contributed by atoms with E-state index in [0.717, 1.165) is 32.1 Å². The molecule has 2 fully saturated rings. The Balaban J connectivity index is 1.86. The predicted octanol–water partition coefficient (Wildman–Crippen LogP) is 1.01. The van der Waals surface area contributed by atoms with Crippen LogP contribution >= 0.6 is 0 Å². The third kappa shape index (κ3) is 4.42. The van der Waals surface area contributed by atoms with Crippen molar-refractivity contribution in [3.8, 4) is 0 Å². The number of hydrogen-bond acceptors (Lipinski definition) is 4. The van der Waals surface area contributed by atoms with Gasteiger partial charge in [0.25, 0.3) is 0 Å². The molecule has 0 bridgehead atoms. The fourth-order valence-electron chi connectivity index (χ4n) is 4.29. The summed E-state index contributed by atoms with van der Waals surface area (Å²) in [7, 11) is 2.10. The van der Waals surface area contributed by atoms with Gasteiger partial charge >= 0.3 is 0 Å². The molecular formula is C16H33N3O. The van der Waals surface area contributed by atoms with Gasteiger partial charge in [0.15, 0.2) is 0 Å². The van der Waals surface area contributed by atoms with Gasteiger partial charge in [0, 0.05) is 45.8 Å². The van der Waals surface area contributed by atoms with Crippen LogP contribution in [0, 0.1) is 11.3 Å². The Hall–Kier alpha value is -0.160. The Morgan fingerprint density at radius 3 is 2.50 bits per heavy atom. The summed E-state index contributed by atoms with van der Waals surface area (Å²) >= 11 is 0. The van der Waals surface area contributed by atoms with E-state index >= 15 is 0 Å². The van der Waals surface area contributed by atoms with Gasteiger partial charge in [0.1, 0.15) is 0 Å². The second kappa shape index (κ2) is 7.74. The highest BCUT2D eigenvalue weighted by molar-refractivity contribution is 4.90. The largest absolute Gasteiger partial charge is 0.395 e. The van der Waals surface area contributed by atoms with Gasteiger partial charge in [0.05, 0.1) is 6.61 Å². The number of aliphatic hydroxyl groups is 1. The van der Waals surface area contributed by atoms with Gasteiger partial charge in [-0.15, -0.1) is 0 Å². The summed E-state index contributed by atoms with van der Waals surface area (Å²) in [5, 5.41) is 12.5. The van der Waals surface area contributed by atoms with E-state index < -0.39 is 0 Å². The molecule has 2 atom stereocenters. The molecule has 4 heteroatoms. The highest BCUT2D eigenvalue weighted by Crippen LogP contribution is 2.39. The second-order valence-corrected chi connectivity index (χ2v) is 7.07. The predicted molar refractivity (Wildman–Crippen MR) is 84.0 cm³/mol. The maximum absolute atomic E-state index is 9.02. The molecule has 1 saturated heterocycles. The van der Waals surface area contributed by atoms with Gasteiger partial charge in [-0.3, -0.25) is 4.90 Å². The molecule has 1 heterocycles. The van der Waals surface area contributed by atoms with E-state index in [2.05, 4.69) is 29.1 Å². The van der Waals surface area contributed by atoms with Crippen molar-refractivity contribution in [1.82, 2.24) is 15.1 Å². The molecule has 0 amide bonds. The molecule has 1 aliphatic carbocycles. The first-order valence-electron chi connectivity index (χ1n) is 8.38. The van der Waals surface area contributed by atoms with Crippen LogP contribution < -0.4 is 5.32 Å². The van der Waals surface area contributed by atoms with Gasteiger partial charge in [-0.2, -0.15) is 0 Å². The quantitative estimate of drug-likeness (QED) is 0.763. The molecule has 118 valence electrons. The number of nitrogens with one attached hydrogen (secondary N) is 1. The summed E-state index contributed by atoms with van der Waals surface area (Å²) in [6.07, 6.45) is 5.57. The minimum absolute atomic E-state index is 0.293. The fourth-order valence-corrected chi connectivity index (χ4v) is 4.29. The van der Waals surface area contributed by atoms with Crippen LogP contribution in [0.4, 0.5) is 0 Å². The molecule has 2 N–H and O–H groups in total. The molecule has 0 radical (unpaired) electrons. The van der Waals surface area contributed by atoms with Crippen LogP contribution in [-0.4, -0.2) is 74.4 Å². The summed E-state index contributed by atoms with van der Waals surface area (Å²) in [5.41, 5.74) is 0.492. The molecular weight excluding hydrogens is 250 g/mol. The first kappa shape index (κ1) is 16.2. The van der Waals surface area contributed by atoms with E-state index in [-0.39, 0.29) is 0 Å². The van der Waals surface area contributed by atoms with E-state index in [1.165, 1.54) is 45.3 Å². The van der Waals surface area contributed by atoms with Gasteiger partial charge < -0.3 is 15.3 Å². The van der Waals surface area contributed by atoms with Crippen LogP contribution in [0.1, 0.15) is 32.6 Å². The number of piperazine rings is 1. The van der Waals surface area contributed by atoms with Crippen LogP contribution in [0.3, 0.4) is 0 Å². The molecule has 0 aromatic heterocycles. The van der Waals surface area contributed by atoms with Crippen molar-refractivity contribution in [1.29, 1.82) is 0 Å². The number of rotatable bonds is 6. The van der Waals surface area contributed by atoms with Gasteiger partial charge in [-0.25, -0.2) is 0 Å². The molecule has 2 rings (SSSR count). The second-order valence-electron chi connectivity index (χ2n) is 7.07. The zero-order chi connectivity index (χ0) is 14.4. The molecule has 4 nitrogen and oxygen atoms in total. The highest BCUT2D eigenvalue weighted by Gasteiger charge is 2.36. The van der Waals surface area contributed by atoms with E-state index in [9.17, 15) is 0 Å². The van der Waals surface area contributed by atoms with Crippen molar-refractivity contribution < 1.29 is 5.11 Å². The van der Waals surface area contributed by atoms with Gasteiger partial charge in [-0.1, -0.05) is 19.8 Å². The Labute approximate surface area is 124 Å². The van der Waals surface area contributed by atoms with Crippen molar-refractivity contribution in [3.05, 3.63) is 0 Å². The Morgan fingerprint density at radius 1 is 1.20 bits per heavy atom. The van der Waals surface area contributed by atoms with Gasteiger partial charge in [0.2, 0.25) is 0 Å². The summed E-state index contributed by atoms with van der Waals surface area (Å²) in [6.45, 7) is 10.5. The summed E-state index contributed by atoms with van der Waals surface area (Å²) in [6, 6.07) is 0. The van der Waals surface area contributed by atoms with Crippen LogP contribution in [0.5, 0.6) is 0 Å².